The lowest BCUT2D eigenvalue weighted by molar-refractivity contribution is -0.134. The summed E-state index contributed by atoms with van der Waals surface area (Å²) in [5.74, 6) is -0.326. The van der Waals surface area contributed by atoms with Crippen LogP contribution in [-0.2, 0) is 16.0 Å². The van der Waals surface area contributed by atoms with E-state index in [1.54, 1.807) is 0 Å². The van der Waals surface area contributed by atoms with Gasteiger partial charge >= 0.3 is 0 Å². The molecule has 2 rings (SSSR count). The van der Waals surface area contributed by atoms with Crippen molar-refractivity contribution in [3.63, 3.8) is 0 Å². The number of carbonyl (C=O) groups excluding carboxylic acids is 2. The molecule has 114 valence electrons. The van der Waals surface area contributed by atoms with Crippen molar-refractivity contribution in [2.75, 3.05) is 12.4 Å². The summed E-state index contributed by atoms with van der Waals surface area (Å²) in [6, 6.07) is 8.60. The first-order chi connectivity index (χ1) is 10.1. The van der Waals surface area contributed by atoms with Gasteiger partial charge in [-0.1, -0.05) is 30.3 Å². The summed E-state index contributed by atoms with van der Waals surface area (Å²) >= 11 is 1.22. The molecule has 0 aromatic heterocycles. The second kappa shape index (κ2) is 7.42. The molecule has 1 aromatic rings. The smallest absolute Gasteiger partial charge is 0.246 e. The topological polar surface area (TPSA) is 78.4 Å². The van der Waals surface area contributed by atoms with E-state index in [1.807, 2.05) is 30.3 Å². The Bertz CT molecular complexity index is 500. The predicted octanol–water partition coefficient (Wildman–Crippen LogP) is 0.233. The van der Waals surface area contributed by atoms with Crippen LogP contribution in [0.2, 0.25) is 0 Å². The van der Waals surface area contributed by atoms with Crippen LogP contribution in [0.15, 0.2) is 30.3 Å². The monoisotopic (exact) mass is 312 g/mol. The number of aliphatic hydroxyl groups excluding tert-OH is 1. The Kier molecular flexibility index (Phi) is 5.58. The van der Waals surface area contributed by atoms with Gasteiger partial charge in [-0.25, -0.2) is 4.39 Å². The zero-order valence-corrected chi connectivity index (χ0v) is 12.1. The van der Waals surface area contributed by atoms with Crippen LogP contribution < -0.4 is 10.6 Å². The Morgan fingerprint density at radius 2 is 2.14 bits per heavy atom. The molecular formula is C14H17FN2O3S. The largest absolute Gasteiger partial charge is 0.390 e. The van der Waals surface area contributed by atoms with E-state index in [9.17, 15) is 14.0 Å². The fraction of sp³-hybridized carbons (Fsp3) is 0.429. The van der Waals surface area contributed by atoms with Crippen LogP contribution in [0.1, 0.15) is 5.56 Å². The van der Waals surface area contributed by atoms with Crippen molar-refractivity contribution in [1.82, 2.24) is 10.6 Å². The van der Waals surface area contributed by atoms with Crippen LogP contribution in [0.5, 0.6) is 0 Å². The van der Waals surface area contributed by atoms with Crippen molar-refractivity contribution in [2.45, 2.75) is 23.9 Å². The maximum Gasteiger partial charge on any atom is 0.246 e. The summed E-state index contributed by atoms with van der Waals surface area (Å²) in [4.78, 5) is 23.4. The van der Waals surface area contributed by atoms with Crippen LogP contribution in [0.4, 0.5) is 4.39 Å². The highest BCUT2D eigenvalue weighted by Gasteiger charge is 2.40. The van der Waals surface area contributed by atoms with E-state index < -0.39 is 18.8 Å². The van der Waals surface area contributed by atoms with Crippen LogP contribution >= 0.6 is 11.8 Å². The SMILES string of the molecule is O=C(Cc1ccccc1)N[C@@H]1C(=O)N[C@@H]1SCC(O)CF. The zero-order chi connectivity index (χ0) is 15.2. The molecule has 1 aliphatic heterocycles. The summed E-state index contributed by atoms with van der Waals surface area (Å²) in [5, 5.41) is 14.1. The summed E-state index contributed by atoms with van der Waals surface area (Å²) in [6.45, 7) is -0.821. The van der Waals surface area contributed by atoms with Crippen molar-refractivity contribution < 1.29 is 19.1 Å². The normalized spacial score (nSPS) is 22.1. The quantitative estimate of drug-likeness (QED) is 0.630. The number of benzene rings is 1. The van der Waals surface area contributed by atoms with Gasteiger partial charge in [0.25, 0.3) is 0 Å². The van der Waals surface area contributed by atoms with Gasteiger partial charge < -0.3 is 15.7 Å². The summed E-state index contributed by atoms with van der Waals surface area (Å²) in [5.41, 5.74) is 0.867. The van der Waals surface area contributed by atoms with E-state index in [-0.39, 0.29) is 29.4 Å². The van der Waals surface area contributed by atoms with E-state index in [2.05, 4.69) is 10.6 Å². The molecule has 1 aromatic carbocycles. The number of nitrogens with one attached hydrogen (secondary N) is 2. The highest BCUT2D eigenvalue weighted by Crippen LogP contribution is 2.21. The summed E-state index contributed by atoms with van der Waals surface area (Å²) < 4.78 is 12.2. The maximum absolute atomic E-state index is 12.2. The third-order valence-corrected chi connectivity index (χ3v) is 4.37. The van der Waals surface area contributed by atoms with Gasteiger partial charge in [-0.15, -0.1) is 11.8 Å². The molecule has 0 spiro atoms. The Labute approximate surface area is 126 Å². The molecule has 1 saturated heterocycles. The van der Waals surface area contributed by atoms with Gasteiger partial charge in [0.05, 0.1) is 12.5 Å². The first-order valence-corrected chi connectivity index (χ1v) is 7.64. The van der Waals surface area contributed by atoms with Crippen molar-refractivity contribution in [1.29, 1.82) is 0 Å². The van der Waals surface area contributed by atoms with Crippen molar-refractivity contribution >= 4 is 23.6 Å². The number of β-lactam (4-membered cyclic amide) rings is 1. The van der Waals surface area contributed by atoms with Crippen LogP contribution in [0.25, 0.3) is 0 Å². The van der Waals surface area contributed by atoms with Gasteiger partial charge in [-0.05, 0) is 5.56 Å². The van der Waals surface area contributed by atoms with E-state index in [0.29, 0.717) is 0 Å². The molecule has 3 N–H and O–H groups in total. The van der Waals surface area contributed by atoms with Crippen LogP contribution in [-0.4, -0.2) is 46.9 Å². The fourth-order valence-electron chi connectivity index (χ4n) is 1.90. The average Bonchev–Trinajstić information content (AvgIpc) is 2.49. The fourth-order valence-corrected chi connectivity index (χ4v) is 3.00. The van der Waals surface area contributed by atoms with E-state index >= 15 is 0 Å². The molecule has 3 atom stereocenters. The number of aliphatic hydroxyl groups is 1. The number of halogens is 1. The molecule has 1 unspecified atom stereocenters. The number of thioether (sulfide) groups is 1. The number of carbonyl (C=O) groups is 2. The second-order valence-corrected chi connectivity index (χ2v) is 5.95. The van der Waals surface area contributed by atoms with Gasteiger partial charge in [0, 0.05) is 5.75 Å². The molecule has 0 radical (unpaired) electrons. The average molecular weight is 312 g/mol. The molecule has 1 fully saturated rings. The predicted molar refractivity (Wildman–Crippen MR) is 78.4 cm³/mol. The lowest BCUT2D eigenvalue weighted by Gasteiger charge is -2.36. The third kappa shape index (κ3) is 4.44. The number of hydrogen-bond acceptors (Lipinski definition) is 4. The second-order valence-electron chi connectivity index (χ2n) is 4.78. The molecule has 1 aliphatic rings. The van der Waals surface area contributed by atoms with Crippen LogP contribution in [0.3, 0.4) is 0 Å². The minimum absolute atomic E-state index is 0.173. The summed E-state index contributed by atoms with van der Waals surface area (Å²) in [6.07, 6.45) is -0.845. The summed E-state index contributed by atoms with van der Waals surface area (Å²) in [7, 11) is 0. The van der Waals surface area contributed by atoms with E-state index in [0.717, 1.165) is 5.56 Å². The molecule has 21 heavy (non-hydrogen) atoms. The number of rotatable bonds is 7. The molecule has 7 heteroatoms. The molecule has 5 nitrogen and oxygen atoms in total. The van der Waals surface area contributed by atoms with E-state index in [4.69, 9.17) is 5.11 Å². The Morgan fingerprint density at radius 1 is 1.43 bits per heavy atom. The van der Waals surface area contributed by atoms with Crippen molar-refractivity contribution in [2.24, 2.45) is 0 Å². The minimum atomic E-state index is -1.05. The highest BCUT2D eigenvalue weighted by atomic mass is 32.2. The zero-order valence-electron chi connectivity index (χ0n) is 11.3. The van der Waals surface area contributed by atoms with Crippen molar-refractivity contribution in [3.8, 4) is 0 Å². The molecule has 0 saturated carbocycles. The molecule has 2 amide bonds. The Morgan fingerprint density at radius 3 is 2.76 bits per heavy atom. The first kappa shape index (κ1) is 15.8. The lowest BCUT2D eigenvalue weighted by atomic mass is 10.1. The lowest BCUT2D eigenvalue weighted by Crippen LogP contribution is -2.68. The third-order valence-electron chi connectivity index (χ3n) is 3.04. The molecular weight excluding hydrogens is 295 g/mol. The maximum atomic E-state index is 12.2. The highest BCUT2D eigenvalue weighted by molar-refractivity contribution is 8.00. The molecule has 0 bridgehead atoms. The Balaban J connectivity index is 1.80. The van der Waals surface area contributed by atoms with Gasteiger partial charge in [-0.3, -0.25) is 9.59 Å². The minimum Gasteiger partial charge on any atom is -0.390 e. The van der Waals surface area contributed by atoms with Gasteiger partial charge in [0.1, 0.15) is 18.1 Å². The van der Waals surface area contributed by atoms with Crippen LogP contribution in [0, 0.1) is 0 Å². The van der Waals surface area contributed by atoms with Crippen molar-refractivity contribution in [3.05, 3.63) is 35.9 Å². The molecule has 1 heterocycles. The van der Waals surface area contributed by atoms with Gasteiger partial charge in [-0.2, -0.15) is 0 Å². The molecule has 0 aliphatic carbocycles. The van der Waals surface area contributed by atoms with E-state index in [1.165, 1.54) is 11.8 Å². The standard InChI is InChI=1S/C14H17FN2O3S/c15-7-10(18)8-21-14-12(13(20)17-14)16-11(19)6-9-4-2-1-3-5-9/h1-5,10,12,14,18H,6-8H2,(H,16,19)(H,17,20)/t10?,12-,14-/m1/s1. The number of hydrogen-bond donors (Lipinski definition) is 3. The number of amides is 2. The first-order valence-electron chi connectivity index (χ1n) is 6.59. The number of alkyl halides is 1. The Hall–Kier alpha value is -1.60. The van der Waals surface area contributed by atoms with Gasteiger partial charge in [0.15, 0.2) is 0 Å². The van der Waals surface area contributed by atoms with Gasteiger partial charge in [0.2, 0.25) is 11.8 Å².